The van der Waals surface area contributed by atoms with Crippen molar-refractivity contribution in [3.05, 3.63) is 102 Å². The van der Waals surface area contributed by atoms with Gasteiger partial charge in [-0.2, -0.15) is 0 Å². The Bertz CT molecular complexity index is 1800. The fraction of sp³-hybridized carbons (Fsp3) is 0.156. The highest BCUT2D eigenvalue weighted by Gasteiger charge is 2.36. The Morgan fingerprint density at radius 2 is 1.31 bits per heavy atom. The quantitative estimate of drug-likeness (QED) is 0.251. The summed E-state index contributed by atoms with van der Waals surface area (Å²) >= 11 is 0. The van der Waals surface area contributed by atoms with Crippen LogP contribution < -0.4 is 0 Å². The molecule has 35 heavy (non-hydrogen) atoms. The summed E-state index contributed by atoms with van der Waals surface area (Å²) in [5.74, 6) is 1.53. The first-order valence-corrected chi connectivity index (χ1v) is 12.5. The van der Waals surface area contributed by atoms with Crippen LogP contribution in [0.25, 0.3) is 55.2 Å². The van der Waals surface area contributed by atoms with Crippen LogP contribution in [0, 0.1) is 0 Å². The number of rotatable bonds is 2. The smallest absolute Gasteiger partial charge is 0.0894 e. The average Bonchev–Trinajstić information content (AvgIpc) is 3.55. The van der Waals surface area contributed by atoms with Crippen molar-refractivity contribution in [2.75, 3.05) is 0 Å². The molecule has 2 bridgehead atoms. The predicted octanol–water partition coefficient (Wildman–Crippen LogP) is 8.03. The van der Waals surface area contributed by atoms with E-state index in [1.54, 1.807) is 11.1 Å². The van der Waals surface area contributed by atoms with Crippen molar-refractivity contribution in [1.29, 1.82) is 0 Å². The van der Waals surface area contributed by atoms with Gasteiger partial charge in [0.1, 0.15) is 0 Å². The molecule has 0 radical (unpaired) electrons. The molecule has 2 aliphatic carbocycles. The predicted molar refractivity (Wildman–Crippen MR) is 143 cm³/mol. The van der Waals surface area contributed by atoms with E-state index >= 15 is 0 Å². The van der Waals surface area contributed by atoms with Gasteiger partial charge < -0.3 is 0 Å². The monoisotopic (exact) mass is 449 g/mol. The molecule has 8 rings (SSSR count). The maximum atomic E-state index is 5.14. The molecule has 2 unspecified atom stereocenters. The number of aromatic nitrogens is 3. The SMILES string of the molecule is c1cc(-c2ccc3c(c2)C2CCC3C2)nc(-c2ccc3ccc4ccc5cccnc5c4c3n2)c1. The van der Waals surface area contributed by atoms with Crippen molar-refractivity contribution in [3.63, 3.8) is 0 Å². The topological polar surface area (TPSA) is 38.7 Å². The Hall–Kier alpha value is -4.11. The van der Waals surface area contributed by atoms with E-state index in [1.807, 2.05) is 12.3 Å². The Labute approximate surface area is 203 Å². The molecule has 1 fully saturated rings. The second kappa shape index (κ2) is 7.19. The summed E-state index contributed by atoms with van der Waals surface area (Å²) in [6.45, 7) is 0. The molecule has 0 N–H and O–H groups in total. The molecule has 2 atom stereocenters. The van der Waals surface area contributed by atoms with Gasteiger partial charge in [0, 0.05) is 27.9 Å². The van der Waals surface area contributed by atoms with E-state index < -0.39 is 0 Å². The van der Waals surface area contributed by atoms with E-state index in [4.69, 9.17) is 15.0 Å². The molecule has 0 aliphatic heterocycles. The van der Waals surface area contributed by atoms with Crippen LogP contribution in [0.3, 0.4) is 0 Å². The fourth-order valence-electron chi connectivity index (χ4n) is 6.42. The van der Waals surface area contributed by atoms with Crippen LogP contribution in [-0.4, -0.2) is 15.0 Å². The van der Waals surface area contributed by atoms with Gasteiger partial charge in [-0.3, -0.25) is 4.98 Å². The standard InChI is InChI=1S/C32H23N3/c1-4-27(24-12-14-25-22-10-11-23(17-22)26(25)18-24)34-28(5-1)29-15-13-21-9-7-19-6-8-20-3-2-16-33-31(20)30(19)32(21)35-29/h1-9,12-16,18,22-23H,10-11,17H2. The van der Waals surface area contributed by atoms with Crippen molar-refractivity contribution in [1.82, 2.24) is 15.0 Å². The summed E-state index contributed by atoms with van der Waals surface area (Å²) in [6, 6.07) is 30.2. The molecule has 6 aromatic rings. The summed E-state index contributed by atoms with van der Waals surface area (Å²) in [5.41, 5.74) is 9.11. The number of hydrogen-bond donors (Lipinski definition) is 0. The maximum Gasteiger partial charge on any atom is 0.0894 e. The van der Waals surface area contributed by atoms with Gasteiger partial charge in [0.05, 0.1) is 28.1 Å². The zero-order valence-electron chi connectivity index (χ0n) is 19.3. The summed E-state index contributed by atoms with van der Waals surface area (Å²) in [5, 5.41) is 4.50. The van der Waals surface area contributed by atoms with Gasteiger partial charge in [0.15, 0.2) is 0 Å². The molecule has 2 aliphatic rings. The van der Waals surface area contributed by atoms with Crippen LogP contribution in [0.5, 0.6) is 0 Å². The summed E-state index contributed by atoms with van der Waals surface area (Å²) in [6.07, 6.45) is 5.90. The molecule has 166 valence electrons. The highest BCUT2D eigenvalue weighted by Crippen LogP contribution is 2.53. The Morgan fingerprint density at radius 3 is 2.23 bits per heavy atom. The number of pyridine rings is 3. The van der Waals surface area contributed by atoms with Crippen molar-refractivity contribution >= 4 is 32.6 Å². The minimum absolute atomic E-state index is 0.747. The number of fused-ring (bicyclic) bond motifs is 10. The second-order valence-corrected chi connectivity index (χ2v) is 10.0. The maximum absolute atomic E-state index is 5.14. The summed E-state index contributed by atoms with van der Waals surface area (Å²) < 4.78 is 0. The third-order valence-corrected chi connectivity index (χ3v) is 8.12. The van der Waals surface area contributed by atoms with Gasteiger partial charge in [-0.25, -0.2) is 9.97 Å². The summed E-state index contributed by atoms with van der Waals surface area (Å²) in [4.78, 5) is 14.9. The Morgan fingerprint density at radius 1 is 0.571 bits per heavy atom. The highest BCUT2D eigenvalue weighted by atomic mass is 14.8. The molecule has 0 spiro atoms. The lowest BCUT2D eigenvalue weighted by Gasteiger charge is -2.16. The largest absolute Gasteiger partial charge is 0.256 e. The van der Waals surface area contributed by atoms with Crippen LogP contribution in [-0.2, 0) is 0 Å². The molecule has 3 heterocycles. The van der Waals surface area contributed by atoms with Crippen LogP contribution in [0.2, 0.25) is 0 Å². The van der Waals surface area contributed by atoms with Crippen molar-refractivity contribution in [3.8, 4) is 22.6 Å². The lowest BCUT2D eigenvalue weighted by atomic mass is 9.90. The zero-order chi connectivity index (χ0) is 22.9. The Balaban J connectivity index is 1.28. The lowest BCUT2D eigenvalue weighted by Crippen LogP contribution is -1.98. The molecule has 0 amide bonds. The third kappa shape index (κ3) is 2.88. The molecular weight excluding hydrogens is 426 g/mol. The minimum Gasteiger partial charge on any atom is -0.256 e. The van der Waals surface area contributed by atoms with Crippen LogP contribution >= 0.6 is 0 Å². The van der Waals surface area contributed by atoms with Gasteiger partial charge >= 0.3 is 0 Å². The second-order valence-electron chi connectivity index (χ2n) is 10.0. The lowest BCUT2D eigenvalue weighted by molar-refractivity contribution is 0.717. The summed E-state index contributed by atoms with van der Waals surface area (Å²) in [7, 11) is 0. The van der Waals surface area contributed by atoms with Gasteiger partial charge in [-0.1, -0.05) is 54.6 Å². The molecule has 3 aromatic carbocycles. The number of nitrogens with zero attached hydrogens (tertiary/aromatic N) is 3. The first kappa shape index (κ1) is 19.2. The van der Waals surface area contributed by atoms with E-state index in [0.29, 0.717) is 0 Å². The first-order valence-electron chi connectivity index (χ1n) is 12.5. The fourth-order valence-corrected chi connectivity index (χ4v) is 6.42. The van der Waals surface area contributed by atoms with E-state index in [1.165, 1.54) is 24.8 Å². The third-order valence-electron chi connectivity index (χ3n) is 8.12. The minimum atomic E-state index is 0.747. The van der Waals surface area contributed by atoms with Gasteiger partial charge in [-0.15, -0.1) is 0 Å². The normalized spacial score (nSPS) is 18.5. The highest BCUT2D eigenvalue weighted by molar-refractivity contribution is 6.17. The Kier molecular flexibility index (Phi) is 3.95. The number of benzene rings is 3. The van der Waals surface area contributed by atoms with E-state index in [-0.39, 0.29) is 0 Å². The molecular formula is C32H23N3. The van der Waals surface area contributed by atoms with Crippen molar-refractivity contribution < 1.29 is 0 Å². The van der Waals surface area contributed by atoms with Gasteiger partial charge in [0.2, 0.25) is 0 Å². The van der Waals surface area contributed by atoms with Crippen molar-refractivity contribution in [2.24, 2.45) is 0 Å². The molecule has 1 saturated carbocycles. The van der Waals surface area contributed by atoms with Gasteiger partial charge in [0.25, 0.3) is 0 Å². The van der Waals surface area contributed by atoms with Crippen LogP contribution in [0.15, 0.2) is 91.1 Å². The van der Waals surface area contributed by atoms with E-state index in [0.717, 1.165) is 61.5 Å². The van der Waals surface area contributed by atoms with Crippen LogP contribution in [0.1, 0.15) is 42.2 Å². The zero-order valence-corrected chi connectivity index (χ0v) is 19.3. The molecule has 3 nitrogen and oxygen atoms in total. The van der Waals surface area contributed by atoms with E-state index in [2.05, 4.69) is 78.9 Å². The van der Waals surface area contributed by atoms with Crippen molar-refractivity contribution in [2.45, 2.75) is 31.1 Å². The molecule has 3 aromatic heterocycles. The average molecular weight is 450 g/mol. The van der Waals surface area contributed by atoms with E-state index in [9.17, 15) is 0 Å². The number of hydrogen-bond acceptors (Lipinski definition) is 3. The van der Waals surface area contributed by atoms with Gasteiger partial charge in [-0.05, 0) is 77.9 Å². The molecule has 0 saturated heterocycles. The van der Waals surface area contributed by atoms with Crippen LogP contribution in [0.4, 0.5) is 0 Å². The molecule has 3 heteroatoms. The first-order chi connectivity index (χ1) is 17.3.